The molecule has 0 aromatic heterocycles. The highest BCUT2D eigenvalue weighted by Crippen LogP contribution is 2.48. The van der Waals surface area contributed by atoms with Crippen molar-refractivity contribution in [2.45, 2.75) is 106 Å². The molecule has 1 aliphatic carbocycles. The van der Waals surface area contributed by atoms with Gasteiger partial charge in [-0.25, -0.2) is 9.59 Å². The van der Waals surface area contributed by atoms with Gasteiger partial charge < -0.3 is 9.47 Å². The van der Waals surface area contributed by atoms with Crippen molar-refractivity contribution >= 4 is 22.7 Å². The van der Waals surface area contributed by atoms with Crippen molar-refractivity contribution in [1.82, 2.24) is 0 Å². The van der Waals surface area contributed by atoms with E-state index in [0.29, 0.717) is 24.3 Å². The van der Waals surface area contributed by atoms with Gasteiger partial charge in [-0.2, -0.15) is 0 Å². The van der Waals surface area contributed by atoms with Gasteiger partial charge in [0, 0.05) is 0 Å². The molecule has 270 valence electrons. The quantitative estimate of drug-likeness (QED) is 0.107. The third-order valence-corrected chi connectivity index (χ3v) is 10.7. The van der Waals surface area contributed by atoms with Crippen molar-refractivity contribution in [2.24, 2.45) is 0 Å². The van der Waals surface area contributed by atoms with Gasteiger partial charge in [0.25, 0.3) is 0 Å². The summed E-state index contributed by atoms with van der Waals surface area (Å²) in [5.41, 5.74) is 17.8. The number of aryl methyl sites for hydroxylation is 2. The van der Waals surface area contributed by atoms with Crippen molar-refractivity contribution < 1.29 is 19.1 Å². The molecule has 0 radical (unpaired) electrons. The van der Waals surface area contributed by atoms with E-state index in [4.69, 9.17) is 9.47 Å². The molecule has 0 unspecified atom stereocenters. The van der Waals surface area contributed by atoms with Crippen molar-refractivity contribution in [3.63, 3.8) is 0 Å². The molecule has 6 rings (SSSR count). The Hall–Kier alpha value is -4.70. The van der Waals surface area contributed by atoms with E-state index in [-0.39, 0.29) is 11.9 Å². The van der Waals surface area contributed by atoms with Gasteiger partial charge in [0.2, 0.25) is 0 Å². The van der Waals surface area contributed by atoms with Gasteiger partial charge in [-0.1, -0.05) is 102 Å². The molecule has 4 heteroatoms. The Labute approximate surface area is 310 Å². The van der Waals surface area contributed by atoms with Crippen LogP contribution in [-0.2, 0) is 48.0 Å². The van der Waals surface area contributed by atoms with Gasteiger partial charge >= 0.3 is 11.9 Å². The fraction of sp³-hybridized carbons (Fsp3) is 0.375. The third-order valence-electron chi connectivity index (χ3n) is 10.7. The average molecular weight is 695 g/mol. The third kappa shape index (κ3) is 7.05. The predicted octanol–water partition coefficient (Wildman–Crippen LogP) is 11.8. The van der Waals surface area contributed by atoms with Gasteiger partial charge in [0.05, 0.1) is 24.3 Å². The van der Waals surface area contributed by atoms with Crippen molar-refractivity contribution in [3.05, 3.63) is 128 Å². The summed E-state index contributed by atoms with van der Waals surface area (Å²) in [6, 6.07) is 25.2. The van der Waals surface area contributed by atoms with Crippen LogP contribution >= 0.6 is 0 Å². The first kappa shape index (κ1) is 37.1. The normalized spacial score (nSPS) is 12.0. The first-order chi connectivity index (χ1) is 25.4. The molecule has 0 fully saturated rings. The van der Waals surface area contributed by atoms with Crippen LogP contribution in [0.1, 0.15) is 132 Å². The lowest BCUT2D eigenvalue weighted by Gasteiger charge is -2.34. The monoisotopic (exact) mass is 694 g/mol. The number of carbonyl (C=O) groups is 2. The Morgan fingerprint density at radius 3 is 1.12 bits per heavy atom. The molecule has 0 spiro atoms. The number of hydrogen-bond donors (Lipinski definition) is 0. The molecule has 0 amide bonds. The topological polar surface area (TPSA) is 52.6 Å². The Bertz CT molecular complexity index is 1920. The zero-order valence-corrected chi connectivity index (χ0v) is 32.0. The standard InChI is InChI=1S/C48H54O4/c1-7-15-35-37-19-13-14-20-38(37)36(16-8-2)42-30-44-40(18-10-4)46(32-23-27-34(28-24-32)48(50)52-12-6)45(39(17-9-3)43(44)29-41(35)42)31-21-25-33(26-22-31)47(49)51-11-5/h13-14,19-28H,7-12,15-18,29-30H2,1-6H3. The maximum absolute atomic E-state index is 12.7. The molecule has 0 saturated carbocycles. The second-order valence-corrected chi connectivity index (χ2v) is 14.1. The fourth-order valence-corrected chi connectivity index (χ4v) is 8.61. The van der Waals surface area contributed by atoms with Gasteiger partial charge in [-0.05, 0) is 154 Å². The Balaban J connectivity index is 1.68. The summed E-state index contributed by atoms with van der Waals surface area (Å²) < 4.78 is 10.7. The zero-order chi connectivity index (χ0) is 36.8. The predicted molar refractivity (Wildman–Crippen MR) is 215 cm³/mol. The molecule has 4 nitrogen and oxygen atoms in total. The lowest BCUT2D eigenvalue weighted by atomic mass is 9.70. The maximum atomic E-state index is 12.7. The summed E-state index contributed by atoms with van der Waals surface area (Å²) >= 11 is 0. The molecule has 0 aliphatic heterocycles. The molecule has 0 N–H and O–H groups in total. The lowest BCUT2D eigenvalue weighted by molar-refractivity contribution is 0.0517. The van der Waals surface area contributed by atoms with Crippen LogP contribution in [0.2, 0.25) is 0 Å². The number of fused-ring (bicyclic) bond motifs is 3. The van der Waals surface area contributed by atoms with Crippen LogP contribution in [0.5, 0.6) is 0 Å². The van der Waals surface area contributed by atoms with Crippen molar-refractivity contribution in [1.29, 1.82) is 0 Å². The molecule has 1 aliphatic rings. The fourth-order valence-electron chi connectivity index (χ4n) is 8.61. The highest BCUT2D eigenvalue weighted by Gasteiger charge is 2.31. The summed E-state index contributed by atoms with van der Waals surface area (Å²) in [5, 5.41) is 2.85. The summed E-state index contributed by atoms with van der Waals surface area (Å²) in [6.45, 7) is 13.5. The number of hydrogen-bond acceptors (Lipinski definition) is 4. The SMILES string of the molecule is CCCc1c2c(c(CCC)c(-c3ccc(C(=O)OCC)cc3)c1-c1ccc(C(=O)OCC)cc1)Cc1c(c(CCC)c3ccccc3c1CCC)C2. The first-order valence-corrected chi connectivity index (χ1v) is 19.7. The molecule has 52 heavy (non-hydrogen) atoms. The van der Waals surface area contributed by atoms with E-state index in [1.54, 1.807) is 11.1 Å². The van der Waals surface area contributed by atoms with Crippen LogP contribution in [0.3, 0.4) is 0 Å². The van der Waals surface area contributed by atoms with Gasteiger partial charge in [-0.15, -0.1) is 0 Å². The minimum Gasteiger partial charge on any atom is -0.462 e. The van der Waals surface area contributed by atoms with Crippen LogP contribution in [-0.4, -0.2) is 25.2 Å². The van der Waals surface area contributed by atoms with Crippen LogP contribution in [0.15, 0.2) is 72.8 Å². The van der Waals surface area contributed by atoms with Crippen molar-refractivity contribution in [2.75, 3.05) is 13.2 Å². The van der Waals surface area contributed by atoms with Crippen LogP contribution < -0.4 is 0 Å². The molecule has 0 atom stereocenters. The Morgan fingerprint density at radius 2 is 0.788 bits per heavy atom. The largest absolute Gasteiger partial charge is 0.462 e. The molecular weight excluding hydrogens is 641 g/mol. The van der Waals surface area contributed by atoms with Gasteiger partial charge in [-0.3, -0.25) is 0 Å². The first-order valence-electron chi connectivity index (χ1n) is 19.7. The number of benzene rings is 5. The molecule has 0 saturated heterocycles. The number of esters is 2. The van der Waals surface area contributed by atoms with Gasteiger partial charge in [0.1, 0.15) is 0 Å². The number of carbonyl (C=O) groups excluding carboxylic acids is 2. The highest BCUT2D eigenvalue weighted by atomic mass is 16.5. The summed E-state index contributed by atoms with van der Waals surface area (Å²) in [6.07, 6.45) is 10.2. The Kier molecular flexibility index (Phi) is 11.9. The van der Waals surface area contributed by atoms with E-state index in [9.17, 15) is 9.59 Å². The second-order valence-electron chi connectivity index (χ2n) is 14.1. The van der Waals surface area contributed by atoms with Crippen LogP contribution in [0.25, 0.3) is 33.0 Å². The van der Waals surface area contributed by atoms with E-state index in [2.05, 4.69) is 76.2 Å². The highest BCUT2D eigenvalue weighted by molar-refractivity contribution is 5.96. The van der Waals surface area contributed by atoms with Gasteiger partial charge in [0.15, 0.2) is 0 Å². The van der Waals surface area contributed by atoms with E-state index in [0.717, 1.165) is 75.3 Å². The van der Waals surface area contributed by atoms with E-state index in [1.807, 2.05) is 38.1 Å². The summed E-state index contributed by atoms with van der Waals surface area (Å²) in [7, 11) is 0. The second kappa shape index (κ2) is 16.8. The molecule has 0 bridgehead atoms. The summed E-state index contributed by atoms with van der Waals surface area (Å²) in [5.74, 6) is -0.602. The maximum Gasteiger partial charge on any atom is 0.338 e. The lowest BCUT2D eigenvalue weighted by Crippen LogP contribution is -2.19. The molecular formula is C48H54O4. The summed E-state index contributed by atoms with van der Waals surface area (Å²) in [4.78, 5) is 25.4. The van der Waals surface area contributed by atoms with E-state index < -0.39 is 0 Å². The zero-order valence-electron chi connectivity index (χ0n) is 32.0. The minimum absolute atomic E-state index is 0.301. The molecule has 5 aromatic carbocycles. The minimum atomic E-state index is -0.301. The molecule has 0 heterocycles. The number of ether oxygens (including phenoxy) is 2. The van der Waals surface area contributed by atoms with Crippen LogP contribution in [0, 0.1) is 0 Å². The van der Waals surface area contributed by atoms with E-state index >= 15 is 0 Å². The molecule has 5 aromatic rings. The number of rotatable bonds is 14. The average Bonchev–Trinajstić information content (AvgIpc) is 3.16. The smallest absolute Gasteiger partial charge is 0.338 e. The van der Waals surface area contributed by atoms with E-state index in [1.165, 1.54) is 55.3 Å². The van der Waals surface area contributed by atoms with Crippen LogP contribution in [0.4, 0.5) is 0 Å². The Morgan fingerprint density at radius 1 is 0.462 bits per heavy atom. The van der Waals surface area contributed by atoms with Crippen molar-refractivity contribution in [3.8, 4) is 22.3 Å².